The lowest BCUT2D eigenvalue weighted by molar-refractivity contribution is -0.120. The van der Waals surface area contributed by atoms with Crippen LogP contribution in [-0.2, 0) is 16.0 Å². The van der Waals surface area contributed by atoms with Crippen LogP contribution in [0, 0.1) is 5.82 Å². The van der Waals surface area contributed by atoms with E-state index in [1.165, 1.54) is 12.1 Å². The highest BCUT2D eigenvalue weighted by Crippen LogP contribution is 2.19. The Hall–Kier alpha value is -1.17. The van der Waals surface area contributed by atoms with Gasteiger partial charge in [-0.15, -0.1) is 0 Å². The molecule has 0 aliphatic heterocycles. The van der Waals surface area contributed by atoms with Crippen molar-refractivity contribution in [3.8, 4) is 0 Å². The van der Waals surface area contributed by atoms with Gasteiger partial charge in [0.15, 0.2) is 0 Å². The SMILES string of the molecule is O=C(Cc1c(F)cccc1Cl)NCCCOCCO. The highest BCUT2D eigenvalue weighted by Gasteiger charge is 2.11. The minimum Gasteiger partial charge on any atom is -0.394 e. The molecule has 0 heterocycles. The van der Waals surface area contributed by atoms with Crippen molar-refractivity contribution in [2.75, 3.05) is 26.4 Å². The van der Waals surface area contributed by atoms with Gasteiger partial charge in [0.2, 0.25) is 5.91 Å². The molecule has 6 heteroatoms. The summed E-state index contributed by atoms with van der Waals surface area (Å²) < 4.78 is 18.5. The van der Waals surface area contributed by atoms with Crippen molar-refractivity contribution >= 4 is 17.5 Å². The second-order valence-corrected chi connectivity index (χ2v) is 4.32. The van der Waals surface area contributed by atoms with Crippen LogP contribution < -0.4 is 5.32 Å². The van der Waals surface area contributed by atoms with Gasteiger partial charge in [-0.25, -0.2) is 4.39 Å². The molecule has 106 valence electrons. The zero-order valence-corrected chi connectivity index (χ0v) is 11.3. The molecule has 0 aromatic heterocycles. The van der Waals surface area contributed by atoms with E-state index in [4.69, 9.17) is 21.4 Å². The molecule has 1 amide bonds. The van der Waals surface area contributed by atoms with Crippen LogP contribution in [0.5, 0.6) is 0 Å². The number of carbonyl (C=O) groups is 1. The first-order chi connectivity index (χ1) is 9.15. The third kappa shape index (κ3) is 6.00. The number of rotatable bonds is 8. The Kier molecular flexibility index (Phi) is 7.40. The molecule has 0 spiro atoms. The third-order valence-electron chi connectivity index (χ3n) is 2.42. The average molecular weight is 290 g/mol. The van der Waals surface area contributed by atoms with E-state index in [1.807, 2.05) is 0 Å². The van der Waals surface area contributed by atoms with Crippen molar-refractivity contribution in [2.45, 2.75) is 12.8 Å². The van der Waals surface area contributed by atoms with E-state index in [2.05, 4.69) is 5.32 Å². The summed E-state index contributed by atoms with van der Waals surface area (Å²) in [6.45, 7) is 1.18. The molecule has 0 saturated carbocycles. The summed E-state index contributed by atoms with van der Waals surface area (Å²) in [6, 6.07) is 4.32. The molecule has 0 aliphatic rings. The quantitative estimate of drug-likeness (QED) is 0.714. The molecular formula is C13H17ClFNO3. The van der Waals surface area contributed by atoms with Gasteiger partial charge in [0.1, 0.15) is 5.82 Å². The van der Waals surface area contributed by atoms with Crippen LogP contribution in [0.15, 0.2) is 18.2 Å². The summed E-state index contributed by atoms with van der Waals surface area (Å²) in [5, 5.41) is 11.4. The monoisotopic (exact) mass is 289 g/mol. The minimum atomic E-state index is -0.478. The number of carbonyl (C=O) groups excluding carboxylic acids is 1. The summed E-state index contributed by atoms with van der Waals surface area (Å²) in [5.41, 5.74) is 0.207. The fourth-order valence-corrected chi connectivity index (χ4v) is 1.72. The zero-order chi connectivity index (χ0) is 14.1. The number of nitrogens with one attached hydrogen (secondary N) is 1. The molecule has 0 saturated heterocycles. The first kappa shape index (κ1) is 15.9. The Morgan fingerprint density at radius 2 is 2.21 bits per heavy atom. The van der Waals surface area contributed by atoms with E-state index in [0.29, 0.717) is 26.2 Å². The summed E-state index contributed by atoms with van der Waals surface area (Å²) in [7, 11) is 0. The molecule has 0 bridgehead atoms. The van der Waals surface area contributed by atoms with Gasteiger partial charge in [-0.3, -0.25) is 4.79 Å². The lowest BCUT2D eigenvalue weighted by Gasteiger charge is -2.07. The second-order valence-electron chi connectivity index (χ2n) is 3.92. The Bertz CT molecular complexity index is 395. The third-order valence-corrected chi connectivity index (χ3v) is 2.78. The first-order valence-electron chi connectivity index (χ1n) is 6.03. The van der Waals surface area contributed by atoms with Crippen molar-refractivity contribution in [3.05, 3.63) is 34.6 Å². The van der Waals surface area contributed by atoms with Crippen LogP contribution in [0.4, 0.5) is 4.39 Å². The van der Waals surface area contributed by atoms with Crippen LogP contribution in [0.1, 0.15) is 12.0 Å². The summed E-state index contributed by atoms with van der Waals surface area (Å²) in [4.78, 5) is 11.6. The molecule has 1 rings (SSSR count). The standard InChI is InChI=1S/C13H17ClFNO3/c14-11-3-1-4-12(15)10(11)9-13(18)16-5-2-7-19-8-6-17/h1,3-4,17H,2,5-9H2,(H,16,18). The first-order valence-corrected chi connectivity index (χ1v) is 6.41. The number of halogens is 2. The predicted octanol–water partition coefficient (Wildman–Crippen LogP) is 1.54. The predicted molar refractivity (Wildman–Crippen MR) is 70.6 cm³/mol. The molecule has 0 radical (unpaired) electrons. The van der Waals surface area contributed by atoms with Gasteiger partial charge in [0.05, 0.1) is 19.6 Å². The van der Waals surface area contributed by atoms with Crippen molar-refractivity contribution in [2.24, 2.45) is 0 Å². The van der Waals surface area contributed by atoms with E-state index in [1.54, 1.807) is 6.07 Å². The molecule has 2 N–H and O–H groups in total. The molecule has 0 aliphatic carbocycles. The van der Waals surface area contributed by atoms with Gasteiger partial charge >= 0.3 is 0 Å². The van der Waals surface area contributed by atoms with Crippen molar-refractivity contribution in [1.29, 1.82) is 0 Å². The van der Waals surface area contributed by atoms with Gasteiger partial charge in [0, 0.05) is 23.7 Å². The molecule has 19 heavy (non-hydrogen) atoms. The Morgan fingerprint density at radius 1 is 1.42 bits per heavy atom. The fourth-order valence-electron chi connectivity index (χ4n) is 1.49. The van der Waals surface area contributed by atoms with Gasteiger partial charge in [-0.05, 0) is 18.6 Å². The Balaban J connectivity index is 2.28. The second kappa shape index (κ2) is 8.85. The maximum Gasteiger partial charge on any atom is 0.224 e. The number of amides is 1. The smallest absolute Gasteiger partial charge is 0.224 e. The maximum atomic E-state index is 13.4. The number of benzene rings is 1. The van der Waals surface area contributed by atoms with E-state index in [-0.39, 0.29) is 29.5 Å². The molecule has 1 aromatic carbocycles. The van der Waals surface area contributed by atoms with Crippen LogP contribution >= 0.6 is 11.6 Å². The molecule has 0 fully saturated rings. The average Bonchev–Trinajstić information content (AvgIpc) is 2.38. The van der Waals surface area contributed by atoms with Crippen LogP contribution in [0.3, 0.4) is 0 Å². The van der Waals surface area contributed by atoms with Crippen LogP contribution in [0.25, 0.3) is 0 Å². The number of aliphatic hydroxyl groups excluding tert-OH is 1. The lowest BCUT2D eigenvalue weighted by atomic mass is 10.1. The molecule has 1 aromatic rings. The number of hydrogen-bond acceptors (Lipinski definition) is 3. The van der Waals surface area contributed by atoms with Gasteiger partial charge < -0.3 is 15.2 Å². The van der Waals surface area contributed by atoms with E-state index in [0.717, 1.165) is 0 Å². The van der Waals surface area contributed by atoms with Gasteiger partial charge in [0.25, 0.3) is 0 Å². The largest absolute Gasteiger partial charge is 0.394 e. The highest BCUT2D eigenvalue weighted by atomic mass is 35.5. The van der Waals surface area contributed by atoms with E-state index in [9.17, 15) is 9.18 Å². The molecule has 4 nitrogen and oxygen atoms in total. The van der Waals surface area contributed by atoms with Crippen LogP contribution in [-0.4, -0.2) is 37.4 Å². The molecule has 0 unspecified atom stereocenters. The summed E-state index contributed by atoms with van der Waals surface area (Å²) >= 11 is 5.83. The topological polar surface area (TPSA) is 58.6 Å². The van der Waals surface area contributed by atoms with E-state index >= 15 is 0 Å². The van der Waals surface area contributed by atoms with Crippen molar-refractivity contribution in [3.63, 3.8) is 0 Å². The molecule has 0 atom stereocenters. The van der Waals surface area contributed by atoms with Crippen LogP contribution in [0.2, 0.25) is 5.02 Å². The molecular weight excluding hydrogens is 273 g/mol. The number of aliphatic hydroxyl groups is 1. The number of ether oxygens (including phenoxy) is 1. The number of hydrogen-bond donors (Lipinski definition) is 2. The van der Waals surface area contributed by atoms with Crippen molar-refractivity contribution < 1.29 is 19.0 Å². The highest BCUT2D eigenvalue weighted by molar-refractivity contribution is 6.31. The minimum absolute atomic E-state index is 0.0157. The normalized spacial score (nSPS) is 10.5. The Labute approximate surface area is 116 Å². The fraction of sp³-hybridized carbons (Fsp3) is 0.462. The summed E-state index contributed by atoms with van der Waals surface area (Å²) in [6.07, 6.45) is 0.555. The van der Waals surface area contributed by atoms with Crippen molar-refractivity contribution in [1.82, 2.24) is 5.32 Å². The van der Waals surface area contributed by atoms with E-state index < -0.39 is 5.82 Å². The maximum absolute atomic E-state index is 13.4. The van der Waals surface area contributed by atoms with Gasteiger partial charge in [-0.1, -0.05) is 17.7 Å². The van der Waals surface area contributed by atoms with Gasteiger partial charge in [-0.2, -0.15) is 0 Å². The summed E-state index contributed by atoms with van der Waals surface area (Å²) in [5.74, 6) is -0.761. The lowest BCUT2D eigenvalue weighted by Crippen LogP contribution is -2.27. The zero-order valence-electron chi connectivity index (χ0n) is 10.5. The Morgan fingerprint density at radius 3 is 2.89 bits per heavy atom.